The molecule has 0 saturated carbocycles. The van der Waals surface area contributed by atoms with E-state index in [-0.39, 0.29) is 11.3 Å². The number of carbonyl (C=O) groups is 2. The van der Waals surface area contributed by atoms with Crippen LogP contribution in [0.3, 0.4) is 0 Å². The average Bonchev–Trinajstić information content (AvgIpc) is 3.34. The van der Waals surface area contributed by atoms with Gasteiger partial charge >= 0.3 is 6.03 Å². The summed E-state index contributed by atoms with van der Waals surface area (Å²) in [6, 6.07) is 14.2. The number of hydrogen-bond acceptors (Lipinski definition) is 7. The number of rotatable bonds is 4. The van der Waals surface area contributed by atoms with Gasteiger partial charge in [-0.25, -0.2) is 19.7 Å². The van der Waals surface area contributed by atoms with Crippen molar-refractivity contribution in [2.45, 2.75) is 12.3 Å². The Kier molecular flexibility index (Phi) is 4.76. The zero-order valence-electron chi connectivity index (χ0n) is 15.9. The maximum absolute atomic E-state index is 13.2. The molecule has 0 spiro atoms. The van der Waals surface area contributed by atoms with E-state index in [0.717, 1.165) is 27.1 Å². The molecule has 0 radical (unpaired) electrons. The Morgan fingerprint density at radius 3 is 2.67 bits per heavy atom. The van der Waals surface area contributed by atoms with Crippen LogP contribution in [0.1, 0.15) is 12.6 Å². The molecule has 5 rings (SSSR count). The number of nitrogens with one attached hydrogen (secondary N) is 2. The summed E-state index contributed by atoms with van der Waals surface area (Å²) in [5, 5.41) is 8.51. The third kappa shape index (κ3) is 3.25. The van der Waals surface area contributed by atoms with Crippen molar-refractivity contribution in [3.8, 4) is 0 Å². The van der Waals surface area contributed by atoms with Crippen molar-refractivity contribution in [2.75, 3.05) is 10.2 Å². The summed E-state index contributed by atoms with van der Waals surface area (Å²) in [7, 11) is 0. The van der Waals surface area contributed by atoms with Crippen LogP contribution < -0.4 is 15.5 Å². The number of aromatic nitrogens is 2. The molecular formula is C21H17N5O2S2. The molecule has 2 N–H and O–H groups in total. The second kappa shape index (κ2) is 7.58. The van der Waals surface area contributed by atoms with Gasteiger partial charge in [0.25, 0.3) is 0 Å². The van der Waals surface area contributed by atoms with Gasteiger partial charge in [-0.2, -0.15) is 0 Å². The number of nitrogens with zero attached hydrogens (tertiary/aromatic N) is 3. The standard InChI is InChI=1S/C21H17N5O2S2/c1-12-16-18(25-21(28)26(19(16)27)13-7-3-2-4-8-13)30-17(12)14-11-29-20(23-14)24-15-9-5-6-10-22-15/h2-11,16,18H,1H3,(H,25,28)(H,22,23,24). The molecule has 30 heavy (non-hydrogen) atoms. The van der Waals surface area contributed by atoms with Crippen molar-refractivity contribution < 1.29 is 9.59 Å². The number of hydrogen-bond donors (Lipinski definition) is 2. The molecule has 150 valence electrons. The van der Waals surface area contributed by atoms with Crippen molar-refractivity contribution in [1.82, 2.24) is 15.3 Å². The summed E-state index contributed by atoms with van der Waals surface area (Å²) in [4.78, 5) is 36.9. The summed E-state index contributed by atoms with van der Waals surface area (Å²) in [6.45, 7) is 1.94. The van der Waals surface area contributed by atoms with Crippen LogP contribution in [0.25, 0.3) is 4.91 Å². The lowest BCUT2D eigenvalue weighted by molar-refractivity contribution is -0.121. The number of carbonyl (C=O) groups excluding carboxylic acids is 2. The molecule has 7 nitrogen and oxygen atoms in total. The zero-order valence-corrected chi connectivity index (χ0v) is 17.5. The number of pyridine rings is 1. The minimum Gasteiger partial charge on any atom is -0.324 e. The third-order valence-corrected chi connectivity index (χ3v) is 7.15. The number of anilines is 3. The van der Waals surface area contributed by atoms with Crippen LogP contribution in [-0.4, -0.2) is 27.3 Å². The Hall–Kier alpha value is -3.17. The quantitative estimate of drug-likeness (QED) is 0.629. The van der Waals surface area contributed by atoms with E-state index in [1.54, 1.807) is 18.3 Å². The summed E-state index contributed by atoms with van der Waals surface area (Å²) in [5.74, 6) is 0.0895. The molecule has 4 heterocycles. The highest BCUT2D eigenvalue weighted by molar-refractivity contribution is 8.09. The third-order valence-electron chi connectivity index (χ3n) is 4.98. The summed E-state index contributed by atoms with van der Waals surface area (Å²) >= 11 is 2.95. The van der Waals surface area contributed by atoms with E-state index < -0.39 is 11.9 Å². The number of para-hydroxylation sites is 1. The number of fused-ring (bicyclic) bond motifs is 1. The molecule has 2 aromatic heterocycles. The van der Waals surface area contributed by atoms with Gasteiger partial charge in [0.05, 0.1) is 22.7 Å². The molecule has 1 aromatic carbocycles. The summed E-state index contributed by atoms with van der Waals surface area (Å²) in [5.41, 5.74) is 2.29. The predicted octanol–water partition coefficient (Wildman–Crippen LogP) is 4.46. The van der Waals surface area contributed by atoms with Crippen LogP contribution in [0.15, 0.2) is 65.7 Å². The number of amides is 3. The van der Waals surface area contributed by atoms with Gasteiger partial charge < -0.3 is 10.6 Å². The van der Waals surface area contributed by atoms with Gasteiger partial charge in [0.15, 0.2) is 5.13 Å². The van der Waals surface area contributed by atoms with Crippen molar-refractivity contribution in [3.63, 3.8) is 0 Å². The molecule has 2 aliphatic rings. The van der Waals surface area contributed by atoms with Crippen LogP contribution >= 0.6 is 23.1 Å². The highest BCUT2D eigenvalue weighted by Crippen LogP contribution is 2.49. The van der Waals surface area contributed by atoms with Crippen LogP contribution in [-0.2, 0) is 4.79 Å². The molecule has 2 atom stereocenters. The number of urea groups is 1. The van der Waals surface area contributed by atoms with Crippen LogP contribution in [0.5, 0.6) is 0 Å². The van der Waals surface area contributed by atoms with E-state index >= 15 is 0 Å². The second-order valence-electron chi connectivity index (χ2n) is 6.86. The smallest absolute Gasteiger partial charge is 0.324 e. The van der Waals surface area contributed by atoms with Crippen LogP contribution in [0, 0.1) is 5.92 Å². The number of benzene rings is 1. The maximum Gasteiger partial charge on any atom is 0.329 e. The van der Waals surface area contributed by atoms with Gasteiger partial charge in [-0.3, -0.25) is 4.79 Å². The lowest BCUT2D eigenvalue weighted by Gasteiger charge is -2.34. The van der Waals surface area contributed by atoms with E-state index in [4.69, 9.17) is 0 Å². The Morgan fingerprint density at radius 2 is 1.90 bits per heavy atom. The molecule has 0 aliphatic carbocycles. The lowest BCUT2D eigenvalue weighted by atomic mass is 9.96. The summed E-state index contributed by atoms with van der Waals surface area (Å²) < 4.78 is 0. The normalized spacial score (nSPS) is 20.9. The zero-order chi connectivity index (χ0) is 20.7. The predicted molar refractivity (Wildman–Crippen MR) is 120 cm³/mol. The number of thioether (sulfide) groups is 1. The Labute approximate surface area is 181 Å². The molecule has 2 unspecified atom stereocenters. The Balaban J connectivity index is 1.42. The van der Waals surface area contributed by atoms with Gasteiger partial charge in [-0.05, 0) is 36.8 Å². The Bertz CT molecular complexity index is 1150. The van der Waals surface area contributed by atoms with Crippen molar-refractivity contribution in [1.29, 1.82) is 0 Å². The van der Waals surface area contributed by atoms with Crippen molar-refractivity contribution >= 4 is 56.6 Å². The van der Waals surface area contributed by atoms with Gasteiger partial charge in [0, 0.05) is 16.5 Å². The maximum atomic E-state index is 13.2. The molecule has 3 aromatic rings. The van der Waals surface area contributed by atoms with Gasteiger partial charge in [0.1, 0.15) is 5.82 Å². The fraction of sp³-hybridized carbons (Fsp3) is 0.143. The second-order valence-corrected chi connectivity index (χ2v) is 8.87. The highest BCUT2D eigenvalue weighted by Gasteiger charge is 2.48. The van der Waals surface area contributed by atoms with Crippen LogP contribution in [0.4, 0.5) is 21.4 Å². The van der Waals surface area contributed by atoms with E-state index in [1.807, 2.05) is 48.7 Å². The first-order valence-corrected chi connectivity index (χ1v) is 11.1. The first-order valence-electron chi connectivity index (χ1n) is 9.33. The first-order chi connectivity index (χ1) is 14.6. The SMILES string of the molecule is CC1=C(c2csc(Nc3ccccn3)n2)SC2NC(=O)N(c3ccccc3)C(=O)C12. The Morgan fingerprint density at radius 1 is 1.10 bits per heavy atom. The number of thiazole rings is 1. The minimum absolute atomic E-state index is 0.211. The highest BCUT2D eigenvalue weighted by atomic mass is 32.2. The van der Waals surface area contributed by atoms with Crippen molar-refractivity contribution in [2.24, 2.45) is 5.92 Å². The fourth-order valence-corrected chi connectivity index (χ4v) is 5.77. The van der Waals surface area contributed by atoms with Gasteiger partial charge in [-0.15, -0.1) is 11.3 Å². The molecule has 9 heteroatoms. The van der Waals surface area contributed by atoms with Gasteiger partial charge in [0.2, 0.25) is 5.91 Å². The van der Waals surface area contributed by atoms with E-state index in [9.17, 15) is 9.59 Å². The lowest BCUT2D eigenvalue weighted by Crippen LogP contribution is -2.58. The topological polar surface area (TPSA) is 87.2 Å². The number of imide groups is 1. The largest absolute Gasteiger partial charge is 0.329 e. The van der Waals surface area contributed by atoms with Crippen LogP contribution in [0.2, 0.25) is 0 Å². The minimum atomic E-state index is -0.420. The molecule has 1 fully saturated rings. The molecule has 0 bridgehead atoms. The fourth-order valence-electron chi connectivity index (χ4n) is 3.57. The summed E-state index contributed by atoms with van der Waals surface area (Å²) in [6.07, 6.45) is 1.72. The van der Waals surface area contributed by atoms with E-state index in [1.165, 1.54) is 28.0 Å². The molecule has 1 saturated heterocycles. The molecular weight excluding hydrogens is 418 g/mol. The molecule has 3 amide bonds. The van der Waals surface area contributed by atoms with Crippen molar-refractivity contribution in [3.05, 3.63) is 71.4 Å². The average molecular weight is 436 g/mol. The van der Waals surface area contributed by atoms with E-state index in [2.05, 4.69) is 20.6 Å². The first kappa shape index (κ1) is 18.8. The monoisotopic (exact) mass is 435 g/mol. The van der Waals surface area contributed by atoms with E-state index in [0.29, 0.717) is 5.69 Å². The van der Waals surface area contributed by atoms with Gasteiger partial charge in [-0.1, -0.05) is 36.0 Å². The molecule has 2 aliphatic heterocycles.